The van der Waals surface area contributed by atoms with Crippen molar-refractivity contribution in [2.45, 2.75) is 13.3 Å². The number of carbonyl (C=O) groups excluding carboxylic acids is 4. The van der Waals surface area contributed by atoms with Gasteiger partial charge in [-0.15, -0.1) is 0 Å². The fourth-order valence-electron chi connectivity index (χ4n) is 3.52. The second-order valence-corrected chi connectivity index (χ2v) is 7.47. The van der Waals surface area contributed by atoms with Crippen molar-refractivity contribution in [3.05, 3.63) is 48.0 Å². The van der Waals surface area contributed by atoms with E-state index in [-0.39, 0.29) is 30.0 Å². The molecule has 0 spiro atoms. The highest BCUT2D eigenvalue weighted by molar-refractivity contribution is 6.01. The molecule has 3 rings (SSSR count). The van der Waals surface area contributed by atoms with Gasteiger partial charge in [0.05, 0.1) is 39.0 Å². The molecule has 3 amide bonds. The van der Waals surface area contributed by atoms with Crippen LogP contribution in [0.2, 0.25) is 0 Å². The Bertz CT molecular complexity index is 1080. The van der Waals surface area contributed by atoms with E-state index in [4.69, 9.17) is 18.9 Å². The van der Waals surface area contributed by atoms with Gasteiger partial charge in [0, 0.05) is 6.42 Å². The van der Waals surface area contributed by atoms with E-state index in [1.165, 1.54) is 14.2 Å². The lowest BCUT2D eigenvalue weighted by Crippen LogP contribution is -2.43. The summed E-state index contributed by atoms with van der Waals surface area (Å²) in [5.41, 5.74) is 3.04. The molecule has 1 aliphatic heterocycles. The molecule has 0 unspecified atom stereocenters. The lowest BCUT2D eigenvalue weighted by molar-refractivity contribution is -0.151. The van der Waals surface area contributed by atoms with Crippen molar-refractivity contribution >= 4 is 29.4 Å². The zero-order valence-corrected chi connectivity index (χ0v) is 19.7. The Kier molecular flexibility index (Phi) is 8.49. The van der Waals surface area contributed by atoms with Crippen molar-refractivity contribution in [2.24, 2.45) is 5.92 Å². The maximum absolute atomic E-state index is 12.8. The summed E-state index contributed by atoms with van der Waals surface area (Å²) in [6.45, 7) is 1.61. The number of anilines is 1. The fraction of sp³-hybridized carbons (Fsp3) is 0.333. The maximum atomic E-state index is 12.8. The third-order valence-corrected chi connectivity index (χ3v) is 5.16. The lowest BCUT2D eigenvalue weighted by Gasteiger charge is -2.19. The summed E-state index contributed by atoms with van der Waals surface area (Å²) in [5, 5.41) is 3.67. The van der Waals surface area contributed by atoms with Crippen LogP contribution in [0.5, 0.6) is 17.2 Å². The second-order valence-electron chi connectivity index (χ2n) is 7.47. The number of esters is 1. The minimum Gasteiger partial charge on any atom is -0.496 e. The molecule has 11 nitrogen and oxygen atoms in total. The number of nitrogens with one attached hydrogen (secondary N) is 2. The summed E-state index contributed by atoms with van der Waals surface area (Å²) in [5.74, 6) is -2.19. The molecule has 0 bridgehead atoms. The topological polar surface area (TPSA) is 132 Å². The largest absolute Gasteiger partial charge is 0.496 e. The average Bonchev–Trinajstić information content (AvgIpc) is 3.23. The third kappa shape index (κ3) is 6.19. The van der Waals surface area contributed by atoms with Crippen LogP contribution in [0.1, 0.15) is 23.7 Å². The van der Waals surface area contributed by atoms with Crippen LogP contribution in [-0.4, -0.2) is 62.7 Å². The van der Waals surface area contributed by atoms with E-state index < -0.39 is 36.2 Å². The monoisotopic (exact) mass is 485 g/mol. The Balaban J connectivity index is 1.55. The van der Waals surface area contributed by atoms with Gasteiger partial charge in [-0.3, -0.25) is 29.6 Å². The first kappa shape index (κ1) is 25.3. The van der Waals surface area contributed by atoms with Gasteiger partial charge in [-0.2, -0.15) is 0 Å². The molecule has 1 saturated heterocycles. The van der Waals surface area contributed by atoms with Crippen LogP contribution in [0.15, 0.2) is 42.5 Å². The van der Waals surface area contributed by atoms with E-state index in [1.54, 1.807) is 42.5 Å². The van der Waals surface area contributed by atoms with Gasteiger partial charge in [0.25, 0.3) is 11.8 Å². The Morgan fingerprint density at radius 2 is 1.66 bits per heavy atom. The first-order valence-corrected chi connectivity index (χ1v) is 10.9. The summed E-state index contributed by atoms with van der Waals surface area (Å²) >= 11 is 0. The predicted octanol–water partition coefficient (Wildman–Crippen LogP) is 1.78. The molecule has 0 radical (unpaired) electrons. The van der Waals surface area contributed by atoms with Crippen molar-refractivity contribution in [1.29, 1.82) is 0 Å². The molecule has 2 aromatic rings. The zero-order chi connectivity index (χ0) is 25.4. The predicted molar refractivity (Wildman–Crippen MR) is 124 cm³/mol. The minimum absolute atomic E-state index is 0.102. The average molecular weight is 485 g/mol. The number of hydrogen-bond donors (Lipinski definition) is 2. The number of hydrogen-bond acceptors (Lipinski definition) is 8. The van der Waals surface area contributed by atoms with E-state index in [2.05, 4.69) is 10.7 Å². The molecule has 1 heterocycles. The summed E-state index contributed by atoms with van der Waals surface area (Å²) in [6, 6.07) is 11.7. The molecular weight excluding hydrogens is 458 g/mol. The molecule has 2 aromatic carbocycles. The van der Waals surface area contributed by atoms with Crippen molar-refractivity contribution in [3.63, 3.8) is 0 Å². The number of carbonyl (C=O) groups is 4. The quantitative estimate of drug-likeness (QED) is 0.487. The number of methoxy groups -OCH3 is 2. The van der Waals surface area contributed by atoms with Crippen LogP contribution >= 0.6 is 0 Å². The molecule has 1 aliphatic rings. The Hall–Kier alpha value is -4.28. The fourth-order valence-corrected chi connectivity index (χ4v) is 3.52. The van der Waals surface area contributed by atoms with Gasteiger partial charge in [0.1, 0.15) is 22.8 Å². The number of hydrazine groups is 1. The van der Waals surface area contributed by atoms with Gasteiger partial charge < -0.3 is 24.3 Å². The molecule has 35 heavy (non-hydrogen) atoms. The number of nitrogens with zero attached hydrogens (tertiary/aromatic N) is 1. The van der Waals surface area contributed by atoms with E-state index in [0.29, 0.717) is 18.0 Å². The van der Waals surface area contributed by atoms with E-state index in [9.17, 15) is 19.2 Å². The first-order chi connectivity index (χ1) is 16.9. The van der Waals surface area contributed by atoms with Crippen LogP contribution in [0.25, 0.3) is 0 Å². The summed E-state index contributed by atoms with van der Waals surface area (Å²) in [7, 11) is 2.81. The zero-order valence-electron chi connectivity index (χ0n) is 19.7. The summed E-state index contributed by atoms with van der Waals surface area (Å²) in [4.78, 5) is 49.9. The van der Waals surface area contributed by atoms with E-state index >= 15 is 0 Å². The SMILES string of the molecule is CCOc1ccccc1NC(=O)COC(=O)[C@H]1CC(=O)N(NC(=O)c2c(OC)cccc2OC)C1. The normalized spacial score (nSPS) is 14.8. The van der Waals surface area contributed by atoms with Crippen molar-refractivity contribution in [3.8, 4) is 17.2 Å². The van der Waals surface area contributed by atoms with E-state index in [0.717, 1.165) is 5.01 Å². The van der Waals surface area contributed by atoms with Gasteiger partial charge >= 0.3 is 5.97 Å². The Morgan fingerprint density at radius 1 is 1.00 bits per heavy atom. The van der Waals surface area contributed by atoms with Gasteiger partial charge in [-0.1, -0.05) is 18.2 Å². The number of para-hydroxylation sites is 2. The van der Waals surface area contributed by atoms with Crippen LogP contribution in [0.3, 0.4) is 0 Å². The van der Waals surface area contributed by atoms with Crippen molar-refractivity contribution in [2.75, 3.05) is 39.3 Å². The highest BCUT2D eigenvalue weighted by Gasteiger charge is 2.37. The molecule has 0 saturated carbocycles. The van der Waals surface area contributed by atoms with Gasteiger partial charge in [0.2, 0.25) is 5.91 Å². The molecule has 0 aromatic heterocycles. The molecule has 2 N–H and O–H groups in total. The number of benzene rings is 2. The molecule has 1 fully saturated rings. The van der Waals surface area contributed by atoms with Crippen molar-refractivity contribution in [1.82, 2.24) is 10.4 Å². The summed E-state index contributed by atoms with van der Waals surface area (Å²) < 4.78 is 21.0. The molecule has 186 valence electrons. The molecular formula is C24H27N3O8. The van der Waals surface area contributed by atoms with E-state index in [1.807, 2.05) is 6.92 Å². The maximum Gasteiger partial charge on any atom is 0.311 e. The van der Waals surface area contributed by atoms with Crippen LogP contribution < -0.4 is 25.0 Å². The number of rotatable bonds is 10. The van der Waals surface area contributed by atoms with Crippen LogP contribution in [-0.2, 0) is 19.1 Å². The molecule has 11 heteroatoms. The van der Waals surface area contributed by atoms with Gasteiger partial charge in [-0.25, -0.2) is 0 Å². The first-order valence-electron chi connectivity index (χ1n) is 10.9. The van der Waals surface area contributed by atoms with Crippen LogP contribution in [0.4, 0.5) is 5.69 Å². The van der Waals surface area contributed by atoms with Crippen LogP contribution in [0, 0.1) is 5.92 Å². The molecule has 1 atom stereocenters. The lowest BCUT2D eigenvalue weighted by atomic mass is 10.1. The highest BCUT2D eigenvalue weighted by Crippen LogP contribution is 2.29. The number of amides is 3. The second kappa shape index (κ2) is 11.7. The third-order valence-electron chi connectivity index (χ3n) is 5.16. The minimum atomic E-state index is -0.842. The summed E-state index contributed by atoms with van der Waals surface area (Å²) in [6.07, 6.45) is -0.170. The Labute approximate surface area is 202 Å². The smallest absolute Gasteiger partial charge is 0.311 e. The molecule has 0 aliphatic carbocycles. The van der Waals surface area contributed by atoms with Gasteiger partial charge in [0.15, 0.2) is 6.61 Å². The highest BCUT2D eigenvalue weighted by atomic mass is 16.5. The standard InChI is InChI=1S/C24H27N3O8/c1-4-34-17-9-6-5-8-16(17)25-20(28)14-35-24(31)15-12-21(29)27(13-15)26-23(30)22-18(32-2)10-7-11-19(22)33-3/h5-11,15H,4,12-14H2,1-3H3,(H,25,28)(H,26,30)/t15-/m0/s1. The van der Waals surface area contributed by atoms with Gasteiger partial charge in [-0.05, 0) is 31.2 Å². The Morgan fingerprint density at radius 3 is 2.31 bits per heavy atom. The van der Waals surface area contributed by atoms with Crippen molar-refractivity contribution < 1.29 is 38.1 Å². The number of ether oxygens (including phenoxy) is 4.